The number of fused-ring (bicyclic) bond motifs is 2. The summed E-state index contributed by atoms with van der Waals surface area (Å²) in [5.41, 5.74) is 2.39. The van der Waals surface area contributed by atoms with E-state index in [1.54, 1.807) is 7.05 Å². The van der Waals surface area contributed by atoms with Crippen molar-refractivity contribution < 1.29 is 9.53 Å². The van der Waals surface area contributed by atoms with Gasteiger partial charge in [-0.05, 0) is 25.1 Å². The van der Waals surface area contributed by atoms with Crippen molar-refractivity contribution in [3.8, 4) is 5.75 Å². The maximum atomic E-state index is 12.8. The second-order valence-corrected chi connectivity index (χ2v) is 6.91. The van der Waals surface area contributed by atoms with Crippen LogP contribution in [0.2, 0.25) is 0 Å². The van der Waals surface area contributed by atoms with Crippen molar-refractivity contribution in [1.82, 2.24) is 24.9 Å². The van der Waals surface area contributed by atoms with Crippen LogP contribution in [0.5, 0.6) is 5.75 Å². The quantitative estimate of drug-likeness (QED) is 0.459. The van der Waals surface area contributed by atoms with Gasteiger partial charge in [0.15, 0.2) is 17.2 Å². The van der Waals surface area contributed by atoms with Gasteiger partial charge in [-0.3, -0.25) is 4.79 Å². The van der Waals surface area contributed by atoms with Crippen LogP contribution in [0.1, 0.15) is 17.4 Å². The molecular formula is C20H19N7O2. The van der Waals surface area contributed by atoms with Crippen LogP contribution in [0.4, 0.5) is 17.3 Å². The number of para-hydroxylation sites is 1. The Morgan fingerprint density at radius 1 is 1.24 bits per heavy atom. The number of imidazole rings is 1. The van der Waals surface area contributed by atoms with Crippen molar-refractivity contribution in [3.63, 3.8) is 0 Å². The van der Waals surface area contributed by atoms with Gasteiger partial charge in [-0.25, -0.2) is 14.5 Å². The zero-order chi connectivity index (χ0) is 20.0. The molecule has 9 nitrogen and oxygen atoms in total. The third-order valence-corrected chi connectivity index (χ3v) is 4.78. The monoisotopic (exact) mass is 389 g/mol. The van der Waals surface area contributed by atoms with E-state index >= 15 is 0 Å². The van der Waals surface area contributed by atoms with Crippen LogP contribution in [-0.2, 0) is 0 Å². The number of pyridine rings is 1. The molecule has 0 radical (unpaired) electrons. The van der Waals surface area contributed by atoms with Crippen LogP contribution < -0.4 is 20.7 Å². The molecule has 4 bridgehead atoms. The first kappa shape index (κ1) is 17.2. The molecule has 29 heavy (non-hydrogen) atoms. The SMILES string of the molecule is CNc1cc2nn3c(cnc13)C(=O)N[C@H](C)COc1cccc3ccc(nc13)N2. The molecule has 0 spiro atoms. The number of aromatic nitrogens is 4. The first-order chi connectivity index (χ1) is 14.1. The van der Waals surface area contributed by atoms with Gasteiger partial charge in [0.05, 0.1) is 17.9 Å². The average Bonchev–Trinajstić information content (AvgIpc) is 3.15. The predicted molar refractivity (Wildman–Crippen MR) is 110 cm³/mol. The van der Waals surface area contributed by atoms with Crippen molar-refractivity contribution in [2.75, 3.05) is 24.3 Å². The van der Waals surface area contributed by atoms with E-state index in [0.717, 1.165) is 16.6 Å². The fourth-order valence-corrected chi connectivity index (χ4v) is 3.36. The Bertz CT molecular complexity index is 1250. The number of nitrogens with one attached hydrogen (secondary N) is 3. The summed E-state index contributed by atoms with van der Waals surface area (Å²) in [5, 5.41) is 14.8. The van der Waals surface area contributed by atoms with E-state index in [9.17, 15) is 4.79 Å². The van der Waals surface area contributed by atoms with Crippen molar-refractivity contribution in [1.29, 1.82) is 0 Å². The first-order valence-corrected chi connectivity index (χ1v) is 9.29. The number of benzene rings is 1. The Labute approximate surface area is 166 Å². The summed E-state index contributed by atoms with van der Waals surface area (Å²) in [6.45, 7) is 2.19. The minimum Gasteiger partial charge on any atom is -0.489 e. The summed E-state index contributed by atoms with van der Waals surface area (Å²) in [6.07, 6.45) is 1.52. The van der Waals surface area contributed by atoms with Crippen LogP contribution in [-0.4, -0.2) is 45.2 Å². The molecule has 0 aliphatic carbocycles. The maximum Gasteiger partial charge on any atom is 0.271 e. The Balaban J connectivity index is 1.71. The Morgan fingerprint density at radius 3 is 3.00 bits per heavy atom. The summed E-state index contributed by atoms with van der Waals surface area (Å²) in [5.74, 6) is 1.55. The number of anilines is 3. The number of ether oxygens (including phenoxy) is 1. The summed E-state index contributed by atoms with van der Waals surface area (Å²) >= 11 is 0. The topological polar surface area (TPSA) is 105 Å². The van der Waals surface area contributed by atoms with Gasteiger partial charge in [-0.1, -0.05) is 12.1 Å². The summed E-state index contributed by atoms with van der Waals surface area (Å²) in [4.78, 5) is 21.9. The van der Waals surface area contributed by atoms with E-state index < -0.39 is 0 Å². The lowest BCUT2D eigenvalue weighted by atomic mass is 10.2. The largest absolute Gasteiger partial charge is 0.489 e. The minimum absolute atomic E-state index is 0.223. The first-order valence-electron chi connectivity index (χ1n) is 9.29. The van der Waals surface area contributed by atoms with E-state index in [4.69, 9.17) is 9.72 Å². The normalized spacial score (nSPS) is 16.3. The summed E-state index contributed by atoms with van der Waals surface area (Å²) in [6, 6.07) is 11.2. The van der Waals surface area contributed by atoms with Crippen LogP contribution in [0.15, 0.2) is 42.6 Å². The third kappa shape index (κ3) is 2.96. The van der Waals surface area contributed by atoms with E-state index in [-0.39, 0.29) is 11.9 Å². The van der Waals surface area contributed by atoms with E-state index in [0.29, 0.717) is 35.3 Å². The van der Waals surface area contributed by atoms with Crippen molar-refractivity contribution >= 4 is 39.8 Å². The molecule has 0 fully saturated rings. The lowest BCUT2D eigenvalue weighted by Gasteiger charge is -2.17. The molecule has 3 N–H and O–H groups in total. The van der Waals surface area contributed by atoms with E-state index in [1.807, 2.05) is 43.3 Å². The molecule has 1 aliphatic heterocycles. The second-order valence-electron chi connectivity index (χ2n) is 6.91. The lowest BCUT2D eigenvalue weighted by molar-refractivity contribution is 0.0920. The molecule has 1 atom stereocenters. The molecular weight excluding hydrogens is 370 g/mol. The standard InChI is InChI=1S/C20H19N7O2/c1-11-10-29-15-5-3-4-12-6-7-16(25-18(12)15)24-17-8-13(21-2)19-22-9-14(20(28)23-11)27(19)26-17/h3-9,11,21H,10H2,1-2H3,(H,23,28)(H,24,25,26)/t11-/m1/s1. The molecule has 0 unspecified atom stereocenters. The number of carbonyl (C=O) groups is 1. The molecule has 1 aromatic carbocycles. The number of hydrogen-bond donors (Lipinski definition) is 3. The lowest BCUT2D eigenvalue weighted by Crippen LogP contribution is -2.37. The van der Waals surface area contributed by atoms with Gasteiger partial charge in [-0.2, -0.15) is 0 Å². The average molecular weight is 389 g/mol. The van der Waals surface area contributed by atoms with Gasteiger partial charge in [0.1, 0.15) is 23.7 Å². The van der Waals surface area contributed by atoms with Crippen molar-refractivity contribution in [3.05, 3.63) is 48.3 Å². The third-order valence-electron chi connectivity index (χ3n) is 4.78. The fourth-order valence-electron chi connectivity index (χ4n) is 3.36. The van der Waals surface area contributed by atoms with Gasteiger partial charge in [0.25, 0.3) is 5.91 Å². The van der Waals surface area contributed by atoms with Crippen LogP contribution in [0.25, 0.3) is 16.6 Å². The number of hydrogen-bond acceptors (Lipinski definition) is 7. The number of nitrogens with zero attached hydrogens (tertiary/aromatic N) is 4. The summed E-state index contributed by atoms with van der Waals surface area (Å²) < 4.78 is 7.49. The zero-order valence-corrected chi connectivity index (χ0v) is 15.9. The van der Waals surface area contributed by atoms with Gasteiger partial charge < -0.3 is 20.7 Å². The summed E-state index contributed by atoms with van der Waals surface area (Å²) in [7, 11) is 1.80. The van der Waals surface area contributed by atoms with Gasteiger partial charge in [0.2, 0.25) is 0 Å². The Hall–Kier alpha value is -3.88. The number of rotatable bonds is 1. The molecule has 146 valence electrons. The smallest absolute Gasteiger partial charge is 0.271 e. The highest BCUT2D eigenvalue weighted by Gasteiger charge is 2.19. The Kier molecular flexibility index (Phi) is 3.94. The molecule has 0 saturated carbocycles. The number of amides is 1. The van der Waals surface area contributed by atoms with Gasteiger partial charge in [0, 0.05) is 18.5 Å². The number of carbonyl (C=O) groups excluding carboxylic acids is 1. The predicted octanol–water partition coefficient (Wildman–Crippen LogP) is 2.57. The second kappa shape index (κ2) is 6.62. The highest BCUT2D eigenvalue weighted by molar-refractivity contribution is 5.94. The Morgan fingerprint density at radius 2 is 2.14 bits per heavy atom. The van der Waals surface area contributed by atoms with Gasteiger partial charge >= 0.3 is 0 Å². The van der Waals surface area contributed by atoms with Crippen LogP contribution in [0.3, 0.4) is 0 Å². The fraction of sp³-hybridized carbons (Fsp3) is 0.200. The molecule has 5 rings (SSSR count). The molecule has 1 aliphatic rings. The molecule has 4 heterocycles. The van der Waals surface area contributed by atoms with E-state index in [2.05, 4.69) is 26.0 Å². The van der Waals surface area contributed by atoms with Crippen LogP contribution >= 0.6 is 0 Å². The van der Waals surface area contributed by atoms with Crippen molar-refractivity contribution in [2.24, 2.45) is 0 Å². The minimum atomic E-state index is -0.271. The van der Waals surface area contributed by atoms with Crippen molar-refractivity contribution in [2.45, 2.75) is 13.0 Å². The van der Waals surface area contributed by atoms with Crippen LogP contribution in [0, 0.1) is 0 Å². The molecule has 1 amide bonds. The maximum absolute atomic E-state index is 12.8. The molecule has 0 saturated heterocycles. The molecule has 9 heteroatoms. The van der Waals surface area contributed by atoms with E-state index in [1.165, 1.54) is 10.7 Å². The molecule has 4 aromatic rings. The zero-order valence-electron chi connectivity index (χ0n) is 15.9. The molecule has 3 aromatic heterocycles. The van der Waals surface area contributed by atoms with Gasteiger partial charge in [-0.15, -0.1) is 5.10 Å². The highest BCUT2D eigenvalue weighted by atomic mass is 16.5. The highest BCUT2D eigenvalue weighted by Crippen LogP contribution is 2.27.